The van der Waals surface area contributed by atoms with Crippen LogP contribution in [0.1, 0.15) is 86.6 Å². The van der Waals surface area contributed by atoms with Gasteiger partial charge in [0.05, 0.1) is 0 Å². The Morgan fingerprint density at radius 2 is 1.64 bits per heavy atom. The maximum atomic E-state index is 2.43. The van der Waals surface area contributed by atoms with Crippen molar-refractivity contribution in [2.75, 3.05) is 0 Å². The quantitative estimate of drug-likeness (QED) is 0.506. The fourth-order valence-electron chi connectivity index (χ4n) is 3.78. The van der Waals surface area contributed by atoms with E-state index in [0.29, 0.717) is 5.92 Å². The summed E-state index contributed by atoms with van der Waals surface area (Å²) in [6.45, 7) is 10.7. The Hall–Kier alpha value is -2.08. The first kappa shape index (κ1) is 22.2. The van der Waals surface area contributed by atoms with Crippen LogP contribution in [0.3, 0.4) is 0 Å². The predicted octanol–water partition coefficient (Wildman–Crippen LogP) is 8.31. The Kier molecular flexibility index (Phi) is 9.28. The first-order chi connectivity index (χ1) is 13.7. The maximum absolute atomic E-state index is 2.43. The smallest absolute Gasteiger partial charge is 0.00557 e. The highest BCUT2D eigenvalue weighted by Gasteiger charge is 2.12. The lowest BCUT2D eigenvalue weighted by molar-refractivity contribution is 0.732. The van der Waals surface area contributed by atoms with Crippen LogP contribution in [0, 0.1) is 6.92 Å². The van der Waals surface area contributed by atoms with Crippen molar-refractivity contribution in [3.63, 3.8) is 0 Å². The molecule has 0 bridgehead atoms. The van der Waals surface area contributed by atoms with Crippen molar-refractivity contribution in [1.29, 1.82) is 0 Å². The van der Waals surface area contributed by atoms with Crippen molar-refractivity contribution in [2.45, 2.75) is 78.6 Å². The highest BCUT2D eigenvalue weighted by Crippen LogP contribution is 2.27. The SMILES string of the molecule is CC.CCC(C)c1ccc2c(c1)CCC2.Cc1ccc(C2C=CC=CC2)cc1. The van der Waals surface area contributed by atoms with Gasteiger partial charge in [0, 0.05) is 5.92 Å². The van der Waals surface area contributed by atoms with Gasteiger partial charge in [0.15, 0.2) is 0 Å². The average Bonchev–Trinajstić information content (AvgIpc) is 3.24. The molecule has 0 spiro atoms. The third-order valence-electron chi connectivity index (χ3n) is 5.79. The van der Waals surface area contributed by atoms with E-state index in [4.69, 9.17) is 0 Å². The third kappa shape index (κ3) is 6.23. The lowest BCUT2D eigenvalue weighted by Gasteiger charge is -2.13. The molecule has 0 N–H and O–H groups in total. The van der Waals surface area contributed by atoms with Crippen LogP contribution >= 0.6 is 0 Å². The van der Waals surface area contributed by atoms with E-state index < -0.39 is 0 Å². The summed E-state index contributed by atoms with van der Waals surface area (Å²) >= 11 is 0. The molecular weight excluding hydrogens is 336 g/mol. The molecule has 0 saturated heterocycles. The molecule has 0 aromatic heterocycles. The van der Waals surface area contributed by atoms with E-state index in [1.807, 2.05) is 13.8 Å². The Bertz CT molecular complexity index is 761. The zero-order valence-electron chi connectivity index (χ0n) is 18.5. The molecule has 4 rings (SSSR count). The molecular formula is C28H38. The van der Waals surface area contributed by atoms with Gasteiger partial charge in [-0.25, -0.2) is 0 Å². The molecule has 2 aromatic rings. The van der Waals surface area contributed by atoms with E-state index in [-0.39, 0.29) is 0 Å². The van der Waals surface area contributed by atoms with Gasteiger partial charge in [-0.3, -0.25) is 0 Å². The highest BCUT2D eigenvalue weighted by molar-refractivity contribution is 5.36. The second-order valence-corrected chi connectivity index (χ2v) is 7.76. The van der Waals surface area contributed by atoms with Crippen LogP contribution in [0.5, 0.6) is 0 Å². The molecule has 0 nitrogen and oxygen atoms in total. The molecule has 150 valence electrons. The summed E-state index contributed by atoms with van der Waals surface area (Å²) in [5.41, 5.74) is 7.48. The van der Waals surface area contributed by atoms with Gasteiger partial charge < -0.3 is 0 Å². The van der Waals surface area contributed by atoms with Gasteiger partial charge in [0.2, 0.25) is 0 Å². The van der Waals surface area contributed by atoms with E-state index >= 15 is 0 Å². The van der Waals surface area contributed by atoms with Crippen molar-refractivity contribution in [3.8, 4) is 0 Å². The van der Waals surface area contributed by atoms with E-state index in [2.05, 4.69) is 87.5 Å². The molecule has 2 atom stereocenters. The second kappa shape index (κ2) is 11.7. The summed E-state index contributed by atoms with van der Waals surface area (Å²) in [5, 5.41) is 0. The normalized spacial score (nSPS) is 17.7. The molecule has 0 heteroatoms. The number of hydrogen-bond acceptors (Lipinski definition) is 0. The lowest BCUT2D eigenvalue weighted by atomic mass is 9.92. The Balaban J connectivity index is 0.000000184. The molecule has 2 aromatic carbocycles. The molecule has 0 heterocycles. The van der Waals surface area contributed by atoms with Crippen LogP contribution in [0.2, 0.25) is 0 Å². The summed E-state index contributed by atoms with van der Waals surface area (Å²) in [6, 6.07) is 15.9. The fraction of sp³-hybridized carbons (Fsp3) is 0.429. The third-order valence-corrected chi connectivity index (χ3v) is 5.79. The topological polar surface area (TPSA) is 0 Å². The summed E-state index contributed by atoms with van der Waals surface area (Å²) in [4.78, 5) is 0. The number of rotatable bonds is 3. The predicted molar refractivity (Wildman–Crippen MR) is 125 cm³/mol. The second-order valence-electron chi connectivity index (χ2n) is 7.76. The molecule has 0 fully saturated rings. The molecule has 0 amide bonds. The molecule has 0 saturated carbocycles. The number of hydrogen-bond donors (Lipinski definition) is 0. The Morgan fingerprint density at radius 3 is 2.29 bits per heavy atom. The molecule has 2 aliphatic rings. The van der Waals surface area contributed by atoms with Crippen molar-refractivity contribution in [1.82, 2.24) is 0 Å². The van der Waals surface area contributed by atoms with Gasteiger partial charge >= 0.3 is 0 Å². The van der Waals surface area contributed by atoms with Gasteiger partial charge in [-0.15, -0.1) is 0 Å². The maximum Gasteiger partial charge on any atom is 0.00557 e. The van der Waals surface area contributed by atoms with Crippen LogP contribution in [-0.4, -0.2) is 0 Å². The molecule has 28 heavy (non-hydrogen) atoms. The number of aryl methyl sites for hydroxylation is 3. The van der Waals surface area contributed by atoms with E-state index in [1.165, 1.54) is 42.4 Å². The number of benzene rings is 2. The van der Waals surface area contributed by atoms with Crippen LogP contribution in [0.25, 0.3) is 0 Å². The number of fused-ring (bicyclic) bond motifs is 1. The monoisotopic (exact) mass is 374 g/mol. The Labute approximate surface area is 173 Å². The zero-order chi connectivity index (χ0) is 20.4. The van der Waals surface area contributed by atoms with Gasteiger partial charge in [-0.2, -0.15) is 0 Å². The van der Waals surface area contributed by atoms with Crippen LogP contribution < -0.4 is 0 Å². The van der Waals surface area contributed by atoms with Crippen LogP contribution in [0.15, 0.2) is 66.8 Å². The molecule has 0 radical (unpaired) electrons. The van der Waals surface area contributed by atoms with E-state index in [1.54, 1.807) is 11.1 Å². The summed E-state index contributed by atoms with van der Waals surface area (Å²) in [7, 11) is 0. The first-order valence-corrected chi connectivity index (χ1v) is 11.2. The summed E-state index contributed by atoms with van der Waals surface area (Å²) in [5.74, 6) is 1.32. The van der Waals surface area contributed by atoms with Crippen molar-refractivity contribution in [3.05, 3.63) is 94.6 Å². The number of allylic oxidation sites excluding steroid dienone is 4. The van der Waals surface area contributed by atoms with Crippen molar-refractivity contribution < 1.29 is 0 Å². The Morgan fingerprint density at radius 1 is 0.929 bits per heavy atom. The largest absolute Gasteiger partial charge is 0.0836 e. The zero-order valence-corrected chi connectivity index (χ0v) is 18.5. The highest BCUT2D eigenvalue weighted by atomic mass is 14.2. The average molecular weight is 375 g/mol. The standard InChI is InChI=1S/C13H14.C13H18.C2H6/c1-11-7-9-13(10-8-11)12-5-3-2-4-6-12;1-3-10(2)12-8-7-11-5-4-6-13(11)9-12;1-2/h2-5,7-10,12H,6H2,1H3;7-10H,3-6H2,1-2H3;1-2H3. The van der Waals surface area contributed by atoms with Gasteiger partial charge in [0.1, 0.15) is 0 Å². The van der Waals surface area contributed by atoms with Gasteiger partial charge in [-0.05, 0) is 67.2 Å². The molecule has 0 aliphatic heterocycles. The lowest BCUT2D eigenvalue weighted by Crippen LogP contribution is -1.95. The van der Waals surface area contributed by atoms with Crippen LogP contribution in [0.4, 0.5) is 0 Å². The molecule has 2 aliphatic carbocycles. The van der Waals surface area contributed by atoms with Crippen molar-refractivity contribution >= 4 is 0 Å². The van der Waals surface area contributed by atoms with Crippen molar-refractivity contribution in [2.24, 2.45) is 0 Å². The first-order valence-electron chi connectivity index (χ1n) is 11.2. The summed E-state index contributed by atoms with van der Waals surface area (Å²) < 4.78 is 0. The van der Waals surface area contributed by atoms with Gasteiger partial charge in [-0.1, -0.05) is 100 Å². The minimum absolute atomic E-state index is 0.589. The van der Waals surface area contributed by atoms with E-state index in [9.17, 15) is 0 Å². The minimum atomic E-state index is 0.589. The van der Waals surface area contributed by atoms with Gasteiger partial charge in [0.25, 0.3) is 0 Å². The minimum Gasteiger partial charge on any atom is -0.0836 e. The fourth-order valence-corrected chi connectivity index (χ4v) is 3.78. The van der Waals surface area contributed by atoms with E-state index in [0.717, 1.165) is 12.3 Å². The van der Waals surface area contributed by atoms with Crippen LogP contribution in [-0.2, 0) is 12.8 Å². The molecule has 2 unspecified atom stereocenters. The summed E-state index contributed by atoms with van der Waals surface area (Å²) in [6.07, 6.45) is 15.1.